The summed E-state index contributed by atoms with van der Waals surface area (Å²) in [5.74, 6) is 0.0451. The average Bonchev–Trinajstić information content (AvgIpc) is 3.15. The maximum absolute atomic E-state index is 11.8. The molecule has 0 bridgehead atoms. The highest BCUT2D eigenvalue weighted by Crippen LogP contribution is 2.19. The Bertz CT molecular complexity index is 672. The minimum Gasteiger partial charge on any atom is -0.472 e. The van der Waals surface area contributed by atoms with E-state index in [4.69, 9.17) is 8.83 Å². The molecule has 2 aromatic rings. The van der Waals surface area contributed by atoms with Gasteiger partial charge in [-0.25, -0.2) is 8.42 Å². The lowest BCUT2D eigenvalue weighted by molar-refractivity contribution is 0.566. The summed E-state index contributed by atoms with van der Waals surface area (Å²) >= 11 is 0. The summed E-state index contributed by atoms with van der Waals surface area (Å²) in [6.45, 7) is 0. The van der Waals surface area contributed by atoms with E-state index in [1.54, 1.807) is 49.6 Å². The van der Waals surface area contributed by atoms with Gasteiger partial charge in [-0.15, -0.1) is 0 Å². The molecule has 0 aliphatic carbocycles. The molecule has 3 heterocycles. The summed E-state index contributed by atoms with van der Waals surface area (Å²) < 4.78 is 33.5. The fraction of sp³-hybridized carbons (Fsp3) is 0.286. The Kier molecular flexibility index (Phi) is 3.74. The van der Waals surface area contributed by atoms with Gasteiger partial charge in [-0.05, 0) is 12.1 Å². The van der Waals surface area contributed by atoms with Crippen LogP contribution in [0.2, 0.25) is 0 Å². The van der Waals surface area contributed by atoms with Crippen LogP contribution in [0.1, 0.15) is 11.1 Å². The van der Waals surface area contributed by atoms with Gasteiger partial charge in [-0.2, -0.15) is 0 Å². The standard InChI is InChI=1S/C14H14N2O4S/c17-21(18)9-13(15-5-11-1-3-19-7-11)14(10-21)16-6-12-2-4-20-8-12/h1-8,13-14H,9-10H2/t13-,14-/m1/s1. The second-order valence-corrected chi connectivity index (χ2v) is 7.04. The average molecular weight is 306 g/mol. The monoisotopic (exact) mass is 306 g/mol. The zero-order chi connectivity index (χ0) is 14.7. The predicted octanol–water partition coefficient (Wildman–Crippen LogP) is 1.58. The number of rotatable bonds is 4. The van der Waals surface area contributed by atoms with Gasteiger partial charge in [0.2, 0.25) is 0 Å². The van der Waals surface area contributed by atoms with Crippen molar-refractivity contribution in [3.8, 4) is 0 Å². The molecule has 0 unspecified atom stereocenters. The second kappa shape index (κ2) is 5.69. The van der Waals surface area contributed by atoms with E-state index in [0.29, 0.717) is 0 Å². The third-order valence-corrected chi connectivity index (χ3v) is 4.91. The normalized spacial score (nSPS) is 25.1. The molecule has 6 nitrogen and oxygen atoms in total. The van der Waals surface area contributed by atoms with Gasteiger partial charge in [0.25, 0.3) is 0 Å². The lowest BCUT2D eigenvalue weighted by Gasteiger charge is -2.08. The number of aliphatic imine (C=N–C) groups is 2. The SMILES string of the molecule is O=S1(=O)C[C@@H](N=Cc2ccoc2)[C@H](N=Cc2ccoc2)C1. The molecular weight excluding hydrogens is 292 g/mol. The molecule has 1 aliphatic heterocycles. The van der Waals surface area contributed by atoms with Crippen LogP contribution in [0.3, 0.4) is 0 Å². The molecule has 110 valence electrons. The van der Waals surface area contributed by atoms with Gasteiger partial charge < -0.3 is 8.83 Å². The number of furan rings is 2. The van der Waals surface area contributed by atoms with Crippen molar-refractivity contribution in [2.75, 3.05) is 11.5 Å². The summed E-state index contributed by atoms with van der Waals surface area (Å²) in [7, 11) is -3.10. The molecule has 0 N–H and O–H groups in total. The van der Waals surface area contributed by atoms with Crippen molar-refractivity contribution in [1.82, 2.24) is 0 Å². The largest absolute Gasteiger partial charge is 0.472 e. The Morgan fingerprint density at radius 1 is 0.952 bits per heavy atom. The van der Waals surface area contributed by atoms with Gasteiger partial charge in [-0.1, -0.05) is 0 Å². The number of hydrogen-bond donors (Lipinski definition) is 0. The van der Waals surface area contributed by atoms with Crippen LogP contribution in [0.5, 0.6) is 0 Å². The van der Waals surface area contributed by atoms with Gasteiger partial charge in [0.1, 0.15) is 0 Å². The molecule has 0 amide bonds. The summed E-state index contributed by atoms with van der Waals surface area (Å²) in [6.07, 6.45) is 9.43. The minimum atomic E-state index is -3.10. The molecule has 0 aromatic carbocycles. The molecule has 0 radical (unpaired) electrons. The first kappa shape index (κ1) is 13.8. The van der Waals surface area contributed by atoms with Crippen molar-refractivity contribution in [3.05, 3.63) is 48.3 Å². The summed E-state index contributed by atoms with van der Waals surface area (Å²) in [5, 5.41) is 0. The first-order chi connectivity index (χ1) is 10.1. The molecule has 1 aliphatic rings. The lowest BCUT2D eigenvalue weighted by Crippen LogP contribution is -2.20. The maximum Gasteiger partial charge on any atom is 0.154 e. The Hall–Kier alpha value is -2.15. The van der Waals surface area contributed by atoms with Crippen molar-refractivity contribution in [2.45, 2.75) is 12.1 Å². The number of nitrogens with zero attached hydrogens (tertiary/aromatic N) is 2. The lowest BCUT2D eigenvalue weighted by atomic mass is 10.2. The first-order valence-corrected chi connectivity index (χ1v) is 8.26. The zero-order valence-electron chi connectivity index (χ0n) is 11.1. The summed E-state index contributed by atoms with van der Waals surface area (Å²) in [4.78, 5) is 8.68. The fourth-order valence-electron chi connectivity index (χ4n) is 2.16. The van der Waals surface area contributed by atoms with Crippen LogP contribution in [0, 0.1) is 0 Å². The minimum absolute atomic E-state index is 0.0226. The number of sulfone groups is 1. The third-order valence-electron chi connectivity index (χ3n) is 3.21. The van der Waals surface area contributed by atoms with E-state index in [1.165, 1.54) is 0 Å². The molecular formula is C14H14N2O4S. The fourth-order valence-corrected chi connectivity index (χ4v) is 3.95. The van der Waals surface area contributed by atoms with E-state index in [1.807, 2.05) is 0 Å². The Morgan fingerprint density at radius 2 is 1.43 bits per heavy atom. The topological polar surface area (TPSA) is 85.1 Å². The van der Waals surface area contributed by atoms with Crippen LogP contribution in [-0.2, 0) is 9.84 Å². The Morgan fingerprint density at radius 3 is 1.81 bits per heavy atom. The highest BCUT2D eigenvalue weighted by molar-refractivity contribution is 7.91. The molecule has 0 spiro atoms. The van der Waals surface area contributed by atoms with Crippen LogP contribution >= 0.6 is 0 Å². The van der Waals surface area contributed by atoms with Crippen LogP contribution in [0.25, 0.3) is 0 Å². The number of hydrogen-bond acceptors (Lipinski definition) is 6. The molecule has 2 atom stereocenters. The summed E-state index contributed by atoms with van der Waals surface area (Å²) in [6, 6.07) is 2.79. The zero-order valence-corrected chi connectivity index (χ0v) is 11.9. The van der Waals surface area contributed by atoms with Gasteiger partial charge in [0.05, 0.1) is 48.6 Å². The van der Waals surface area contributed by atoms with E-state index in [0.717, 1.165) is 11.1 Å². The molecule has 0 saturated carbocycles. The highest BCUT2D eigenvalue weighted by atomic mass is 32.2. The van der Waals surface area contributed by atoms with Crippen molar-refractivity contribution >= 4 is 22.3 Å². The predicted molar refractivity (Wildman–Crippen MR) is 78.8 cm³/mol. The molecule has 1 fully saturated rings. The van der Waals surface area contributed by atoms with Gasteiger partial charge in [-0.3, -0.25) is 9.98 Å². The van der Waals surface area contributed by atoms with Crippen LogP contribution in [-0.4, -0.2) is 44.4 Å². The van der Waals surface area contributed by atoms with Crippen LogP contribution < -0.4 is 0 Å². The van der Waals surface area contributed by atoms with E-state index in [2.05, 4.69) is 9.98 Å². The Balaban J connectivity index is 1.76. The molecule has 21 heavy (non-hydrogen) atoms. The van der Waals surface area contributed by atoms with Crippen molar-refractivity contribution < 1.29 is 17.3 Å². The maximum atomic E-state index is 11.8. The highest BCUT2D eigenvalue weighted by Gasteiger charge is 2.36. The molecule has 2 aromatic heterocycles. The van der Waals surface area contributed by atoms with Crippen LogP contribution in [0.4, 0.5) is 0 Å². The van der Waals surface area contributed by atoms with Crippen molar-refractivity contribution in [2.24, 2.45) is 9.98 Å². The van der Waals surface area contributed by atoms with E-state index < -0.39 is 9.84 Å². The van der Waals surface area contributed by atoms with Crippen molar-refractivity contribution in [3.63, 3.8) is 0 Å². The molecule has 7 heteroatoms. The van der Waals surface area contributed by atoms with Gasteiger partial charge in [0.15, 0.2) is 9.84 Å². The molecule has 3 rings (SSSR count). The third kappa shape index (κ3) is 3.49. The second-order valence-electron chi connectivity index (χ2n) is 4.88. The van der Waals surface area contributed by atoms with E-state index >= 15 is 0 Å². The van der Waals surface area contributed by atoms with Crippen molar-refractivity contribution in [1.29, 1.82) is 0 Å². The Labute approximate surface area is 122 Å². The first-order valence-electron chi connectivity index (χ1n) is 6.43. The summed E-state index contributed by atoms with van der Waals surface area (Å²) in [5.41, 5.74) is 1.61. The van der Waals surface area contributed by atoms with E-state index in [9.17, 15) is 8.42 Å². The molecule has 1 saturated heterocycles. The van der Waals surface area contributed by atoms with Gasteiger partial charge in [0, 0.05) is 23.6 Å². The van der Waals surface area contributed by atoms with Gasteiger partial charge >= 0.3 is 0 Å². The van der Waals surface area contributed by atoms with E-state index in [-0.39, 0.29) is 23.6 Å². The quantitative estimate of drug-likeness (QED) is 0.803. The van der Waals surface area contributed by atoms with Crippen LogP contribution in [0.15, 0.2) is 56.0 Å². The smallest absolute Gasteiger partial charge is 0.154 e.